The molecule has 0 aliphatic rings. The number of nitrogens with one attached hydrogen (secondary N) is 1. The van der Waals surface area contributed by atoms with Crippen molar-refractivity contribution in [2.45, 2.75) is 59.0 Å². The van der Waals surface area contributed by atoms with Gasteiger partial charge in [0.25, 0.3) is 0 Å². The topological polar surface area (TPSA) is 33.1 Å². The lowest BCUT2D eigenvalue weighted by molar-refractivity contribution is 0.0723. The molecule has 116 valence electrons. The van der Waals surface area contributed by atoms with Crippen LogP contribution in [0.15, 0.2) is 6.07 Å². The van der Waals surface area contributed by atoms with Gasteiger partial charge in [-0.25, -0.2) is 0 Å². The van der Waals surface area contributed by atoms with Gasteiger partial charge in [0.15, 0.2) is 0 Å². The first-order valence-electron chi connectivity index (χ1n) is 7.84. The zero-order chi connectivity index (χ0) is 15.3. The normalized spacial score (nSPS) is 16.4. The molecule has 0 saturated carbocycles. The third kappa shape index (κ3) is 3.41. The fourth-order valence-corrected chi connectivity index (χ4v) is 3.33. The van der Waals surface area contributed by atoms with E-state index in [2.05, 4.69) is 63.0 Å². The molecule has 1 rings (SSSR count). The van der Waals surface area contributed by atoms with E-state index in [0.29, 0.717) is 6.04 Å². The van der Waals surface area contributed by atoms with Crippen molar-refractivity contribution in [3.63, 3.8) is 0 Å². The Bertz CT molecular complexity index is 409. The first kappa shape index (κ1) is 17.2. The van der Waals surface area contributed by atoms with Crippen LogP contribution in [0, 0.1) is 6.92 Å². The Kier molecular flexibility index (Phi) is 6.21. The van der Waals surface area contributed by atoms with Crippen molar-refractivity contribution >= 4 is 0 Å². The summed E-state index contributed by atoms with van der Waals surface area (Å²) in [5.41, 5.74) is 2.56. The fourth-order valence-electron chi connectivity index (χ4n) is 3.33. The average Bonchev–Trinajstić information content (AvgIpc) is 2.75. The molecule has 0 spiro atoms. The fraction of sp³-hybridized carbons (Fsp3) is 0.812. The molecule has 2 atom stereocenters. The van der Waals surface area contributed by atoms with Crippen molar-refractivity contribution in [2.24, 2.45) is 7.05 Å². The number of hydrogen-bond acceptors (Lipinski definition) is 3. The smallest absolute Gasteiger partial charge is 0.0596 e. The Hall–Kier alpha value is -0.870. The third-order valence-corrected chi connectivity index (χ3v) is 4.81. The van der Waals surface area contributed by atoms with Crippen LogP contribution in [0.3, 0.4) is 0 Å². The standard InChI is InChI=1S/C16H32N4/c1-8-16(5,20(9-2)10-3)15(17-6)12-14-11-13(4)18-19(14)7/h11,15,17H,8-10,12H2,1-7H3. The molecule has 20 heavy (non-hydrogen) atoms. The van der Waals surface area contributed by atoms with Gasteiger partial charge >= 0.3 is 0 Å². The quantitative estimate of drug-likeness (QED) is 0.793. The molecule has 0 amide bonds. The van der Waals surface area contributed by atoms with Gasteiger partial charge in [0, 0.05) is 30.7 Å². The van der Waals surface area contributed by atoms with Crippen LogP contribution in [0.1, 0.15) is 45.5 Å². The van der Waals surface area contributed by atoms with E-state index in [9.17, 15) is 0 Å². The van der Waals surface area contributed by atoms with Crippen molar-refractivity contribution in [1.82, 2.24) is 20.0 Å². The molecule has 0 fully saturated rings. The zero-order valence-corrected chi connectivity index (χ0v) is 14.3. The summed E-state index contributed by atoms with van der Waals surface area (Å²) in [5.74, 6) is 0. The molecule has 1 N–H and O–H groups in total. The minimum absolute atomic E-state index is 0.163. The number of rotatable bonds is 8. The molecule has 0 bridgehead atoms. The molecule has 0 radical (unpaired) electrons. The van der Waals surface area contributed by atoms with Gasteiger partial charge in [0.1, 0.15) is 0 Å². The van der Waals surface area contributed by atoms with E-state index >= 15 is 0 Å². The first-order chi connectivity index (χ1) is 9.42. The number of aryl methyl sites for hydroxylation is 2. The Balaban J connectivity index is 3.00. The van der Waals surface area contributed by atoms with Gasteiger partial charge in [-0.3, -0.25) is 9.58 Å². The number of nitrogens with zero attached hydrogens (tertiary/aromatic N) is 3. The summed E-state index contributed by atoms with van der Waals surface area (Å²) >= 11 is 0. The summed E-state index contributed by atoms with van der Waals surface area (Å²) in [5, 5.41) is 8.01. The SMILES string of the molecule is CCN(CC)C(C)(CC)C(Cc1cc(C)nn1C)NC. The lowest BCUT2D eigenvalue weighted by atomic mass is 9.84. The number of aromatic nitrogens is 2. The number of likely N-dealkylation sites (N-methyl/N-ethyl adjacent to an activating group) is 2. The van der Waals surface area contributed by atoms with Crippen molar-refractivity contribution in [2.75, 3.05) is 20.1 Å². The Morgan fingerprint density at radius 2 is 1.95 bits per heavy atom. The summed E-state index contributed by atoms with van der Waals surface area (Å²) in [6.07, 6.45) is 2.14. The molecule has 0 aromatic carbocycles. The minimum Gasteiger partial charge on any atom is -0.315 e. The Labute approximate surface area is 124 Å². The van der Waals surface area contributed by atoms with Gasteiger partial charge in [0.05, 0.1) is 5.69 Å². The van der Waals surface area contributed by atoms with E-state index in [1.54, 1.807) is 0 Å². The van der Waals surface area contributed by atoms with E-state index in [-0.39, 0.29) is 5.54 Å². The van der Waals surface area contributed by atoms with Crippen LogP contribution in [-0.2, 0) is 13.5 Å². The molecule has 0 aliphatic carbocycles. The van der Waals surface area contributed by atoms with Crippen molar-refractivity contribution in [3.05, 3.63) is 17.5 Å². The summed E-state index contributed by atoms with van der Waals surface area (Å²) in [6, 6.07) is 2.62. The highest BCUT2D eigenvalue weighted by molar-refractivity contribution is 5.12. The number of hydrogen-bond donors (Lipinski definition) is 1. The van der Waals surface area contributed by atoms with Gasteiger partial charge < -0.3 is 5.32 Å². The molecule has 1 heterocycles. The molecule has 0 saturated heterocycles. The molecular weight excluding hydrogens is 248 g/mol. The van der Waals surface area contributed by atoms with Gasteiger partial charge in [0.2, 0.25) is 0 Å². The van der Waals surface area contributed by atoms with Crippen LogP contribution < -0.4 is 5.32 Å². The second-order valence-corrected chi connectivity index (χ2v) is 5.83. The van der Waals surface area contributed by atoms with Gasteiger partial charge in [-0.05, 0) is 46.5 Å². The van der Waals surface area contributed by atoms with Crippen molar-refractivity contribution in [3.8, 4) is 0 Å². The van der Waals surface area contributed by atoms with Crippen LogP contribution in [0.5, 0.6) is 0 Å². The highest BCUT2D eigenvalue weighted by atomic mass is 15.3. The van der Waals surface area contributed by atoms with Crippen molar-refractivity contribution < 1.29 is 0 Å². The predicted octanol–water partition coefficient (Wildman–Crippen LogP) is 2.37. The van der Waals surface area contributed by atoms with Crippen LogP contribution in [-0.4, -0.2) is 46.4 Å². The molecule has 4 nitrogen and oxygen atoms in total. The molecular formula is C16H32N4. The zero-order valence-electron chi connectivity index (χ0n) is 14.3. The van der Waals surface area contributed by atoms with Gasteiger partial charge in [-0.2, -0.15) is 5.10 Å². The van der Waals surface area contributed by atoms with Crippen LogP contribution >= 0.6 is 0 Å². The molecule has 4 heteroatoms. The second-order valence-electron chi connectivity index (χ2n) is 5.83. The van der Waals surface area contributed by atoms with E-state index < -0.39 is 0 Å². The van der Waals surface area contributed by atoms with E-state index in [1.165, 1.54) is 5.69 Å². The minimum atomic E-state index is 0.163. The maximum atomic E-state index is 4.47. The highest BCUT2D eigenvalue weighted by Crippen LogP contribution is 2.26. The highest BCUT2D eigenvalue weighted by Gasteiger charge is 2.36. The lowest BCUT2D eigenvalue weighted by Crippen LogP contribution is -2.59. The molecule has 0 aliphatic heterocycles. The molecule has 1 aromatic rings. The summed E-state index contributed by atoms with van der Waals surface area (Å²) in [6.45, 7) is 13.4. The average molecular weight is 280 g/mol. The van der Waals surface area contributed by atoms with Gasteiger partial charge in [-0.1, -0.05) is 20.8 Å². The monoisotopic (exact) mass is 280 g/mol. The van der Waals surface area contributed by atoms with Gasteiger partial charge in [-0.15, -0.1) is 0 Å². The summed E-state index contributed by atoms with van der Waals surface area (Å²) in [7, 11) is 4.11. The molecule has 2 unspecified atom stereocenters. The second kappa shape index (κ2) is 7.23. The molecule has 1 aromatic heterocycles. The van der Waals surface area contributed by atoms with Crippen molar-refractivity contribution in [1.29, 1.82) is 0 Å². The first-order valence-corrected chi connectivity index (χ1v) is 7.84. The predicted molar refractivity (Wildman–Crippen MR) is 86.1 cm³/mol. The summed E-state index contributed by atoms with van der Waals surface area (Å²) < 4.78 is 2.01. The van der Waals surface area contributed by atoms with E-state index in [4.69, 9.17) is 0 Å². The van der Waals surface area contributed by atoms with E-state index in [0.717, 1.165) is 31.6 Å². The largest absolute Gasteiger partial charge is 0.315 e. The lowest BCUT2D eigenvalue weighted by Gasteiger charge is -2.45. The Morgan fingerprint density at radius 3 is 2.30 bits per heavy atom. The van der Waals surface area contributed by atoms with Crippen LogP contribution in [0.2, 0.25) is 0 Å². The third-order valence-electron chi connectivity index (χ3n) is 4.81. The Morgan fingerprint density at radius 1 is 1.35 bits per heavy atom. The van der Waals surface area contributed by atoms with E-state index in [1.807, 2.05) is 11.7 Å². The van der Waals surface area contributed by atoms with Crippen LogP contribution in [0.25, 0.3) is 0 Å². The summed E-state index contributed by atoms with van der Waals surface area (Å²) in [4.78, 5) is 2.57. The maximum Gasteiger partial charge on any atom is 0.0596 e. The van der Waals surface area contributed by atoms with Crippen LogP contribution in [0.4, 0.5) is 0 Å². The maximum absolute atomic E-state index is 4.47.